The second-order valence-electron chi connectivity index (χ2n) is 3.55. The summed E-state index contributed by atoms with van der Waals surface area (Å²) < 4.78 is 13.0. The van der Waals surface area contributed by atoms with Gasteiger partial charge >= 0.3 is 0 Å². The van der Waals surface area contributed by atoms with Gasteiger partial charge in [-0.1, -0.05) is 17.7 Å². The molecule has 2 aromatic rings. The van der Waals surface area contributed by atoms with Crippen molar-refractivity contribution in [3.05, 3.63) is 46.9 Å². The summed E-state index contributed by atoms with van der Waals surface area (Å²) in [6.45, 7) is 1.82. The summed E-state index contributed by atoms with van der Waals surface area (Å²) >= 11 is 5.86. The van der Waals surface area contributed by atoms with Crippen molar-refractivity contribution in [2.24, 2.45) is 0 Å². The lowest BCUT2D eigenvalue weighted by atomic mass is 10.0. The van der Waals surface area contributed by atoms with Crippen LogP contribution in [0.5, 0.6) is 0 Å². The molecule has 1 heterocycles. The van der Waals surface area contributed by atoms with Crippen LogP contribution >= 0.6 is 11.6 Å². The monoisotopic (exact) mass is 236 g/mol. The highest BCUT2D eigenvalue weighted by Crippen LogP contribution is 2.29. The number of aryl methyl sites for hydroxylation is 1. The highest BCUT2D eigenvalue weighted by molar-refractivity contribution is 6.30. The van der Waals surface area contributed by atoms with E-state index in [1.807, 2.05) is 6.92 Å². The average molecular weight is 237 g/mol. The molecular formula is C12H10ClFN2. The van der Waals surface area contributed by atoms with E-state index in [1.54, 1.807) is 12.1 Å². The topological polar surface area (TPSA) is 38.9 Å². The van der Waals surface area contributed by atoms with Gasteiger partial charge in [-0.3, -0.25) is 0 Å². The average Bonchev–Trinajstić information content (AvgIpc) is 2.22. The van der Waals surface area contributed by atoms with Crippen LogP contribution in [0.25, 0.3) is 11.1 Å². The minimum absolute atomic E-state index is 0.269. The third kappa shape index (κ3) is 1.99. The van der Waals surface area contributed by atoms with Gasteiger partial charge in [0.2, 0.25) is 0 Å². The first-order chi connectivity index (χ1) is 7.58. The Morgan fingerprint density at radius 3 is 2.69 bits per heavy atom. The smallest absolute Gasteiger partial charge is 0.131 e. The van der Waals surface area contributed by atoms with Gasteiger partial charge in [0.1, 0.15) is 11.6 Å². The van der Waals surface area contributed by atoms with Crippen molar-refractivity contribution in [3.8, 4) is 11.1 Å². The maximum Gasteiger partial charge on any atom is 0.131 e. The van der Waals surface area contributed by atoms with Gasteiger partial charge < -0.3 is 5.73 Å². The van der Waals surface area contributed by atoms with E-state index >= 15 is 0 Å². The molecule has 0 unspecified atom stereocenters. The van der Waals surface area contributed by atoms with E-state index in [-0.39, 0.29) is 5.82 Å². The van der Waals surface area contributed by atoms with Gasteiger partial charge in [-0.15, -0.1) is 0 Å². The summed E-state index contributed by atoms with van der Waals surface area (Å²) in [6.07, 6.45) is 1.49. The Balaban J connectivity index is 2.62. The zero-order chi connectivity index (χ0) is 11.7. The number of pyridine rings is 1. The van der Waals surface area contributed by atoms with Crippen molar-refractivity contribution in [1.29, 1.82) is 0 Å². The standard InChI is InChI=1S/C12H10ClFN2/c1-7-4-9(14)2-3-10(7)11-5-8(13)6-16-12(11)15/h2-6H,1H3,(H2,15,16). The van der Waals surface area contributed by atoms with Crippen LogP contribution in [0.3, 0.4) is 0 Å². The third-order valence-corrected chi connectivity index (χ3v) is 2.57. The fourth-order valence-corrected chi connectivity index (χ4v) is 1.75. The maximum absolute atomic E-state index is 13.0. The van der Waals surface area contributed by atoms with Gasteiger partial charge in [0, 0.05) is 11.8 Å². The SMILES string of the molecule is Cc1cc(F)ccc1-c1cc(Cl)cnc1N. The molecule has 4 heteroatoms. The predicted molar refractivity (Wildman–Crippen MR) is 63.8 cm³/mol. The number of aromatic nitrogens is 1. The molecule has 2 N–H and O–H groups in total. The van der Waals surface area contributed by atoms with E-state index < -0.39 is 0 Å². The number of benzene rings is 1. The number of halogens is 2. The largest absolute Gasteiger partial charge is 0.383 e. The van der Waals surface area contributed by atoms with Crippen LogP contribution in [-0.4, -0.2) is 4.98 Å². The van der Waals surface area contributed by atoms with E-state index in [0.29, 0.717) is 10.8 Å². The van der Waals surface area contributed by atoms with E-state index in [2.05, 4.69) is 4.98 Å². The Morgan fingerprint density at radius 1 is 1.25 bits per heavy atom. The summed E-state index contributed by atoms with van der Waals surface area (Å²) in [5, 5.41) is 0.507. The van der Waals surface area contributed by atoms with Crippen LogP contribution in [0.4, 0.5) is 10.2 Å². The van der Waals surface area contributed by atoms with E-state index in [0.717, 1.165) is 16.7 Å². The number of hydrogen-bond acceptors (Lipinski definition) is 2. The Labute approximate surface area is 97.9 Å². The van der Waals surface area contributed by atoms with Crippen molar-refractivity contribution in [3.63, 3.8) is 0 Å². The first kappa shape index (κ1) is 10.9. The first-order valence-corrected chi connectivity index (χ1v) is 5.13. The van der Waals surface area contributed by atoms with Crippen LogP contribution in [0, 0.1) is 12.7 Å². The zero-order valence-corrected chi connectivity index (χ0v) is 9.42. The molecule has 0 spiro atoms. The molecule has 0 saturated carbocycles. The van der Waals surface area contributed by atoms with Crippen LogP contribution in [0.15, 0.2) is 30.5 Å². The molecule has 0 aliphatic heterocycles. The molecule has 0 aliphatic rings. The minimum Gasteiger partial charge on any atom is -0.383 e. The fourth-order valence-electron chi connectivity index (χ4n) is 1.59. The molecule has 0 saturated heterocycles. The molecule has 0 fully saturated rings. The van der Waals surface area contributed by atoms with Gasteiger partial charge in [-0.25, -0.2) is 9.37 Å². The quantitative estimate of drug-likeness (QED) is 0.824. The van der Waals surface area contributed by atoms with E-state index in [4.69, 9.17) is 17.3 Å². The molecule has 0 aliphatic carbocycles. The molecule has 16 heavy (non-hydrogen) atoms. The normalized spacial score (nSPS) is 10.4. The van der Waals surface area contributed by atoms with Gasteiger partial charge in [0.05, 0.1) is 5.02 Å². The molecule has 2 rings (SSSR count). The Morgan fingerprint density at radius 2 is 2.00 bits per heavy atom. The number of nitrogen functional groups attached to an aromatic ring is 1. The molecule has 0 atom stereocenters. The van der Waals surface area contributed by atoms with Gasteiger partial charge in [-0.2, -0.15) is 0 Å². The van der Waals surface area contributed by atoms with Crippen molar-refractivity contribution >= 4 is 17.4 Å². The van der Waals surface area contributed by atoms with Crippen molar-refractivity contribution in [2.45, 2.75) is 6.92 Å². The first-order valence-electron chi connectivity index (χ1n) is 4.75. The number of hydrogen-bond donors (Lipinski definition) is 1. The van der Waals surface area contributed by atoms with Gasteiger partial charge in [0.15, 0.2) is 0 Å². The molecular weight excluding hydrogens is 227 g/mol. The summed E-state index contributed by atoms with van der Waals surface area (Å²) in [5.41, 5.74) is 8.13. The Hall–Kier alpha value is -1.61. The fraction of sp³-hybridized carbons (Fsp3) is 0.0833. The van der Waals surface area contributed by atoms with E-state index in [1.165, 1.54) is 18.3 Å². The second-order valence-corrected chi connectivity index (χ2v) is 3.98. The van der Waals surface area contributed by atoms with Gasteiger partial charge in [0.25, 0.3) is 0 Å². The summed E-state index contributed by atoms with van der Waals surface area (Å²) in [4.78, 5) is 3.97. The Bertz CT molecular complexity index is 541. The Kier molecular flexibility index (Phi) is 2.79. The highest BCUT2D eigenvalue weighted by Gasteiger charge is 2.08. The van der Waals surface area contributed by atoms with E-state index in [9.17, 15) is 4.39 Å². The maximum atomic E-state index is 13.0. The van der Waals surface area contributed by atoms with Crippen LogP contribution in [0.2, 0.25) is 5.02 Å². The van der Waals surface area contributed by atoms with Crippen molar-refractivity contribution < 1.29 is 4.39 Å². The van der Waals surface area contributed by atoms with Crippen LogP contribution in [-0.2, 0) is 0 Å². The number of nitrogens with zero attached hydrogens (tertiary/aromatic N) is 1. The number of nitrogens with two attached hydrogens (primary N) is 1. The van der Waals surface area contributed by atoms with Crippen molar-refractivity contribution in [1.82, 2.24) is 4.98 Å². The molecule has 82 valence electrons. The molecule has 0 amide bonds. The predicted octanol–water partition coefficient (Wildman–Crippen LogP) is 3.43. The minimum atomic E-state index is -0.269. The molecule has 0 radical (unpaired) electrons. The molecule has 2 nitrogen and oxygen atoms in total. The lowest BCUT2D eigenvalue weighted by molar-refractivity contribution is 0.627. The highest BCUT2D eigenvalue weighted by atomic mass is 35.5. The summed E-state index contributed by atoms with van der Waals surface area (Å²) in [6, 6.07) is 6.25. The lowest BCUT2D eigenvalue weighted by Crippen LogP contribution is -1.95. The van der Waals surface area contributed by atoms with Gasteiger partial charge in [-0.05, 0) is 36.2 Å². The third-order valence-electron chi connectivity index (χ3n) is 2.36. The van der Waals surface area contributed by atoms with Crippen LogP contribution in [0.1, 0.15) is 5.56 Å². The summed E-state index contributed by atoms with van der Waals surface area (Å²) in [5.74, 6) is 0.119. The molecule has 1 aromatic carbocycles. The number of anilines is 1. The molecule has 0 bridgehead atoms. The second kappa shape index (κ2) is 4.10. The lowest BCUT2D eigenvalue weighted by Gasteiger charge is -2.08. The van der Waals surface area contributed by atoms with Crippen molar-refractivity contribution in [2.75, 3.05) is 5.73 Å². The number of rotatable bonds is 1. The van der Waals surface area contributed by atoms with Crippen LogP contribution < -0.4 is 5.73 Å². The zero-order valence-electron chi connectivity index (χ0n) is 8.67. The molecule has 1 aromatic heterocycles. The summed E-state index contributed by atoms with van der Waals surface area (Å²) in [7, 11) is 0.